The number of likely N-dealkylation sites (tertiary alicyclic amines) is 1. The number of nitrogens with two attached hydrogens (primary N) is 1. The topological polar surface area (TPSA) is 147 Å². The molecule has 12 heteroatoms. The van der Waals surface area contributed by atoms with Crippen molar-refractivity contribution in [3.63, 3.8) is 0 Å². The number of para-hydroxylation sites is 1. The van der Waals surface area contributed by atoms with E-state index in [1.807, 2.05) is 37.4 Å². The summed E-state index contributed by atoms with van der Waals surface area (Å²) in [7, 11) is 0. The Hall–Kier alpha value is -4.32. The van der Waals surface area contributed by atoms with Gasteiger partial charge in [-0.25, -0.2) is 13.6 Å². The average molecular weight is 668 g/mol. The molecule has 1 aromatic heterocycles. The third kappa shape index (κ3) is 9.85. The first kappa shape index (κ1) is 36.5. The van der Waals surface area contributed by atoms with Crippen LogP contribution < -0.4 is 16.4 Å². The highest BCUT2D eigenvalue weighted by Crippen LogP contribution is 2.29. The molecule has 4 atom stereocenters. The van der Waals surface area contributed by atoms with Crippen molar-refractivity contribution in [1.82, 2.24) is 20.5 Å². The quantitative estimate of drug-likeness (QED) is 0.156. The Labute approximate surface area is 280 Å². The van der Waals surface area contributed by atoms with Crippen LogP contribution in [-0.4, -0.2) is 70.9 Å². The molecule has 0 aliphatic carbocycles. The monoisotopic (exact) mass is 667 g/mol. The van der Waals surface area contributed by atoms with E-state index in [9.17, 15) is 28.0 Å². The molecule has 3 amide bonds. The van der Waals surface area contributed by atoms with Gasteiger partial charge >= 0.3 is 5.97 Å². The molecule has 4 rings (SSSR count). The number of nitrogens with zero attached hydrogens (tertiary/aromatic N) is 1. The molecule has 3 aromatic rings. The number of hydrogen-bond donors (Lipinski definition) is 4. The van der Waals surface area contributed by atoms with Gasteiger partial charge in [-0.1, -0.05) is 25.1 Å². The molecule has 260 valence electrons. The van der Waals surface area contributed by atoms with E-state index in [-0.39, 0.29) is 24.4 Å². The molecule has 1 unspecified atom stereocenters. The number of unbranched alkanes of at least 4 members (excludes halogenated alkanes) is 1. The number of halogens is 2. The number of nitrogens with one attached hydrogen (secondary N) is 3. The Morgan fingerprint density at radius 1 is 1.06 bits per heavy atom. The fourth-order valence-corrected chi connectivity index (χ4v) is 6.13. The van der Waals surface area contributed by atoms with E-state index >= 15 is 0 Å². The molecular formula is C36H47F2N5O5. The first-order valence-electron chi connectivity index (χ1n) is 16.6. The lowest BCUT2D eigenvalue weighted by atomic mass is 9.90. The Morgan fingerprint density at radius 3 is 2.46 bits per heavy atom. The summed E-state index contributed by atoms with van der Waals surface area (Å²) in [5, 5.41) is 6.70. The minimum atomic E-state index is -1.07. The van der Waals surface area contributed by atoms with E-state index in [2.05, 4.69) is 15.6 Å². The second kappa shape index (κ2) is 16.2. The zero-order valence-corrected chi connectivity index (χ0v) is 28.1. The van der Waals surface area contributed by atoms with Crippen LogP contribution in [0.3, 0.4) is 0 Å². The fourth-order valence-electron chi connectivity index (χ4n) is 6.13. The lowest BCUT2D eigenvalue weighted by molar-refractivity contribution is -0.159. The van der Waals surface area contributed by atoms with E-state index in [4.69, 9.17) is 10.5 Å². The van der Waals surface area contributed by atoms with Crippen LogP contribution in [-0.2, 0) is 30.3 Å². The molecule has 0 spiro atoms. The van der Waals surface area contributed by atoms with Crippen LogP contribution in [0.2, 0.25) is 0 Å². The zero-order chi connectivity index (χ0) is 35.0. The second-order valence-electron chi connectivity index (χ2n) is 13.6. The smallest absolute Gasteiger partial charge is 0.329 e. The van der Waals surface area contributed by atoms with Crippen LogP contribution in [0.4, 0.5) is 8.78 Å². The standard InChI is InChI=1S/C36H47F2N5O5/c1-22(28-20-40-29-12-6-5-11-27(28)29)32(34(46)41-30(13-7-8-14-39)35(47)48-36(2,3)4)42-33(45)24-10-9-15-43(21-24)31(44)18-23-16-25(37)19-26(38)17-23/h5-6,11-12,16-17,19-20,22,24,30,32,40H,7-10,13-15,18,21,39H2,1-4H3,(H,41,46)(H,42,45)/t22-,24?,30-,32-/m0/s1. The molecule has 1 aliphatic rings. The maximum Gasteiger partial charge on any atom is 0.329 e. The SMILES string of the molecule is C[C@@H](c1c[nH]c2ccccc12)[C@H](NC(=O)C1CCCN(C(=O)Cc2cc(F)cc(F)c2)C1)C(=O)N[C@@H](CCCCN)C(=O)OC(C)(C)C. The summed E-state index contributed by atoms with van der Waals surface area (Å²) < 4.78 is 33.0. The number of aromatic amines is 1. The van der Waals surface area contributed by atoms with E-state index < -0.39 is 58.9 Å². The molecule has 1 saturated heterocycles. The van der Waals surface area contributed by atoms with Gasteiger partial charge in [0.2, 0.25) is 17.7 Å². The molecule has 1 fully saturated rings. The number of hydrogen-bond acceptors (Lipinski definition) is 6. The minimum absolute atomic E-state index is 0.0951. The number of ether oxygens (including phenoxy) is 1. The van der Waals surface area contributed by atoms with Gasteiger partial charge in [-0.05, 0) is 88.7 Å². The number of esters is 1. The van der Waals surface area contributed by atoms with E-state index in [0.717, 1.165) is 34.7 Å². The molecule has 0 saturated carbocycles. The van der Waals surface area contributed by atoms with Crippen LogP contribution in [0, 0.1) is 17.6 Å². The Kier molecular flexibility index (Phi) is 12.3. The fraction of sp³-hybridized carbons (Fsp3) is 0.500. The molecular weight excluding hydrogens is 620 g/mol. The number of piperidine rings is 1. The maximum atomic E-state index is 14.1. The van der Waals surface area contributed by atoms with Crippen LogP contribution in [0.15, 0.2) is 48.7 Å². The second-order valence-corrected chi connectivity index (χ2v) is 13.6. The number of benzene rings is 2. The zero-order valence-electron chi connectivity index (χ0n) is 28.1. The van der Waals surface area contributed by atoms with Crippen molar-refractivity contribution < 1.29 is 32.7 Å². The van der Waals surface area contributed by atoms with Gasteiger partial charge in [-0.3, -0.25) is 14.4 Å². The third-order valence-corrected chi connectivity index (χ3v) is 8.57. The lowest BCUT2D eigenvalue weighted by Crippen LogP contribution is -2.56. The van der Waals surface area contributed by atoms with Crippen molar-refractivity contribution in [2.24, 2.45) is 11.7 Å². The van der Waals surface area contributed by atoms with Crippen molar-refractivity contribution in [2.75, 3.05) is 19.6 Å². The highest BCUT2D eigenvalue weighted by molar-refractivity contribution is 5.93. The Bertz CT molecular complexity index is 1580. The van der Waals surface area contributed by atoms with E-state index in [1.165, 1.54) is 4.90 Å². The van der Waals surface area contributed by atoms with Gasteiger partial charge in [-0.15, -0.1) is 0 Å². The van der Waals surface area contributed by atoms with Crippen molar-refractivity contribution in [3.8, 4) is 0 Å². The molecule has 2 aromatic carbocycles. The highest BCUT2D eigenvalue weighted by atomic mass is 19.1. The summed E-state index contributed by atoms with van der Waals surface area (Å²) in [4.78, 5) is 58.9. The van der Waals surface area contributed by atoms with E-state index in [1.54, 1.807) is 20.8 Å². The van der Waals surface area contributed by atoms with Crippen LogP contribution >= 0.6 is 0 Å². The normalized spacial score (nSPS) is 17.0. The number of carbonyl (C=O) groups excluding carboxylic acids is 4. The molecule has 5 N–H and O–H groups in total. The van der Waals surface area contributed by atoms with Crippen molar-refractivity contribution in [3.05, 3.63) is 71.4 Å². The minimum Gasteiger partial charge on any atom is -0.458 e. The largest absolute Gasteiger partial charge is 0.458 e. The van der Waals surface area contributed by atoms with Crippen LogP contribution in [0.25, 0.3) is 10.9 Å². The van der Waals surface area contributed by atoms with Gasteiger partial charge < -0.3 is 31.0 Å². The number of H-pyrrole nitrogens is 1. The predicted molar refractivity (Wildman–Crippen MR) is 179 cm³/mol. The van der Waals surface area contributed by atoms with Gasteiger partial charge in [0.15, 0.2) is 0 Å². The highest BCUT2D eigenvalue weighted by Gasteiger charge is 2.36. The molecule has 0 bridgehead atoms. The van der Waals surface area contributed by atoms with Crippen LogP contribution in [0.5, 0.6) is 0 Å². The van der Waals surface area contributed by atoms with Gasteiger partial charge in [0, 0.05) is 42.2 Å². The van der Waals surface area contributed by atoms with Gasteiger partial charge in [0.1, 0.15) is 29.3 Å². The average Bonchev–Trinajstić information content (AvgIpc) is 3.46. The number of fused-ring (bicyclic) bond motifs is 1. The molecule has 10 nitrogen and oxygen atoms in total. The van der Waals surface area contributed by atoms with Crippen molar-refractivity contribution in [2.45, 2.75) is 89.8 Å². The van der Waals surface area contributed by atoms with Gasteiger partial charge in [0.05, 0.1) is 12.3 Å². The summed E-state index contributed by atoms with van der Waals surface area (Å²) >= 11 is 0. The Balaban J connectivity index is 1.55. The number of amides is 3. The van der Waals surface area contributed by atoms with Crippen LogP contribution in [0.1, 0.15) is 76.8 Å². The van der Waals surface area contributed by atoms with Gasteiger partial charge in [-0.2, -0.15) is 0 Å². The molecule has 48 heavy (non-hydrogen) atoms. The van der Waals surface area contributed by atoms with E-state index in [0.29, 0.717) is 45.2 Å². The summed E-state index contributed by atoms with van der Waals surface area (Å²) in [6, 6.07) is 8.59. The first-order chi connectivity index (χ1) is 22.8. The van der Waals surface area contributed by atoms with Crippen molar-refractivity contribution >= 4 is 34.6 Å². The summed E-state index contributed by atoms with van der Waals surface area (Å²) in [5.41, 5.74) is 6.80. The summed E-state index contributed by atoms with van der Waals surface area (Å²) in [6.45, 7) is 8.02. The molecule has 2 heterocycles. The first-order valence-corrected chi connectivity index (χ1v) is 16.6. The lowest BCUT2D eigenvalue weighted by Gasteiger charge is -2.34. The number of aromatic nitrogens is 1. The summed E-state index contributed by atoms with van der Waals surface area (Å²) in [6.07, 6.45) is 4.19. The van der Waals surface area contributed by atoms with Crippen molar-refractivity contribution in [1.29, 1.82) is 0 Å². The Morgan fingerprint density at radius 2 is 1.77 bits per heavy atom. The maximum absolute atomic E-state index is 14.1. The third-order valence-electron chi connectivity index (χ3n) is 8.57. The molecule has 0 radical (unpaired) electrons. The number of rotatable bonds is 13. The summed E-state index contributed by atoms with van der Waals surface area (Å²) in [5.74, 6) is -4.55. The number of carbonyl (C=O) groups is 4. The predicted octanol–water partition coefficient (Wildman–Crippen LogP) is 4.47. The van der Waals surface area contributed by atoms with Gasteiger partial charge in [0.25, 0.3) is 0 Å². The molecule has 1 aliphatic heterocycles.